The normalized spacial score (nSPS) is 19.5. The van der Waals surface area contributed by atoms with Crippen LogP contribution in [0.5, 0.6) is 0 Å². The van der Waals surface area contributed by atoms with Crippen LogP contribution in [0.25, 0.3) is 12.2 Å². The van der Waals surface area contributed by atoms with E-state index in [2.05, 4.69) is 131 Å². The predicted molar refractivity (Wildman–Crippen MR) is 154 cm³/mol. The zero-order chi connectivity index (χ0) is 25.4. The van der Waals surface area contributed by atoms with E-state index in [0.29, 0.717) is 0 Å². The Morgan fingerprint density at radius 2 is 1.08 bits per heavy atom. The van der Waals surface area contributed by atoms with Crippen molar-refractivity contribution in [3.8, 4) is 0 Å². The van der Waals surface area contributed by atoms with Crippen LogP contribution in [0.1, 0.15) is 61.1 Å². The molecule has 2 nitrogen and oxygen atoms in total. The Morgan fingerprint density at radius 3 is 1.73 bits per heavy atom. The van der Waals surface area contributed by atoms with E-state index < -0.39 is 12.5 Å². The van der Waals surface area contributed by atoms with E-state index in [1.165, 1.54) is 43.2 Å². The van der Waals surface area contributed by atoms with Gasteiger partial charge in [0.15, 0.2) is 0 Å². The van der Waals surface area contributed by atoms with Gasteiger partial charge in [-0.05, 0) is 78.7 Å². The lowest BCUT2D eigenvalue weighted by Gasteiger charge is -2.42. The SMILES string of the molecule is CC1(C)OB(c2ccc3c(c2)C=Cc2ccccc2C32c3ccccc3Sc3ccccc32)OC1(C)C. The molecule has 1 fully saturated rings. The van der Waals surface area contributed by atoms with Crippen LogP contribution >= 0.6 is 11.8 Å². The summed E-state index contributed by atoms with van der Waals surface area (Å²) in [6.07, 6.45) is 4.54. The van der Waals surface area contributed by atoms with Crippen molar-refractivity contribution in [1.29, 1.82) is 0 Å². The summed E-state index contributed by atoms with van der Waals surface area (Å²) in [5, 5.41) is 0. The van der Waals surface area contributed by atoms with Gasteiger partial charge in [-0.2, -0.15) is 0 Å². The fourth-order valence-electron chi connectivity index (χ4n) is 6.07. The highest BCUT2D eigenvalue weighted by Gasteiger charge is 2.52. The molecule has 2 aliphatic heterocycles. The molecule has 0 unspecified atom stereocenters. The highest BCUT2D eigenvalue weighted by atomic mass is 32.2. The molecule has 0 radical (unpaired) electrons. The Bertz CT molecular complexity index is 1520. The third-order valence-corrected chi connectivity index (χ3v) is 9.77. The monoisotopic (exact) mass is 500 g/mol. The summed E-state index contributed by atoms with van der Waals surface area (Å²) in [6, 6.07) is 33.4. The summed E-state index contributed by atoms with van der Waals surface area (Å²) in [4.78, 5) is 2.61. The van der Waals surface area contributed by atoms with Gasteiger partial charge in [-0.3, -0.25) is 0 Å². The van der Waals surface area contributed by atoms with Gasteiger partial charge in [-0.1, -0.05) is 103 Å². The second-order valence-electron chi connectivity index (χ2n) is 11.2. The second kappa shape index (κ2) is 7.98. The summed E-state index contributed by atoms with van der Waals surface area (Å²) in [6.45, 7) is 8.43. The molecule has 3 aliphatic rings. The summed E-state index contributed by atoms with van der Waals surface area (Å²) in [7, 11) is -0.397. The van der Waals surface area contributed by atoms with Gasteiger partial charge in [0.2, 0.25) is 0 Å². The molecule has 0 saturated carbocycles. The van der Waals surface area contributed by atoms with Gasteiger partial charge in [0.1, 0.15) is 0 Å². The largest absolute Gasteiger partial charge is 0.494 e. The maximum Gasteiger partial charge on any atom is 0.494 e. The first-order valence-electron chi connectivity index (χ1n) is 13.0. The van der Waals surface area contributed by atoms with E-state index >= 15 is 0 Å². The molecule has 0 bridgehead atoms. The average Bonchev–Trinajstić information content (AvgIpc) is 3.03. The first kappa shape index (κ1) is 23.1. The Kier molecular flexibility index (Phi) is 4.98. The van der Waals surface area contributed by atoms with Gasteiger partial charge < -0.3 is 9.31 Å². The molecule has 7 rings (SSSR count). The van der Waals surface area contributed by atoms with Crippen LogP contribution in [0.15, 0.2) is 101 Å². The van der Waals surface area contributed by atoms with Crippen molar-refractivity contribution in [3.63, 3.8) is 0 Å². The molecule has 1 aliphatic carbocycles. The first-order valence-corrected chi connectivity index (χ1v) is 13.8. The molecular formula is C33H29BO2S. The third-order valence-electron chi connectivity index (χ3n) is 8.61. The van der Waals surface area contributed by atoms with E-state index in [-0.39, 0.29) is 11.2 Å². The molecule has 182 valence electrons. The number of rotatable bonds is 1. The Hall–Kier alpha value is -3.05. The molecule has 0 amide bonds. The molecule has 0 aromatic heterocycles. The van der Waals surface area contributed by atoms with Gasteiger partial charge in [0.25, 0.3) is 0 Å². The standard InChI is InChI=1S/C33H29BO2S/c1-31(2)32(3,4)36-34(35-31)24-19-20-26-23(21-24)18-17-22-11-5-6-12-25(22)33(26)27-13-7-9-15-29(27)37-30-16-10-8-14-28(30)33/h5-21H,1-4H3. The van der Waals surface area contributed by atoms with Crippen molar-refractivity contribution in [2.24, 2.45) is 0 Å². The van der Waals surface area contributed by atoms with Crippen molar-refractivity contribution in [2.75, 3.05) is 0 Å². The van der Waals surface area contributed by atoms with Crippen LogP contribution in [-0.2, 0) is 14.7 Å². The molecule has 4 aromatic carbocycles. The molecule has 1 saturated heterocycles. The van der Waals surface area contributed by atoms with Crippen LogP contribution in [-0.4, -0.2) is 18.3 Å². The Labute approximate surface area is 223 Å². The van der Waals surface area contributed by atoms with Gasteiger partial charge in [-0.25, -0.2) is 0 Å². The minimum absolute atomic E-state index is 0.379. The fraction of sp³-hybridized carbons (Fsp3) is 0.212. The van der Waals surface area contributed by atoms with E-state index in [1.54, 1.807) is 0 Å². The maximum absolute atomic E-state index is 6.43. The number of fused-ring (bicyclic) bond motifs is 8. The van der Waals surface area contributed by atoms with E-state index in [9.17, 15) is 0 Å². The number of hydrogen-bond donors (Lipinski definition) is 0. The minimum Gasteiger partial charge on any atom is -0.399 e. The Balaban J connectivity index is 1.52. The molecular weight excluding hydrogens is 471 g/mol. The van der Waals surface area contributed by atoms with Crippen molar-refractivity contribution >= 4 is 36.5 Å². The Morgan fingerprint density at radius 1 is 0.568 bits per heavy atom. The van der Waals surface area contributed by atoms with Crippen LogP contribution in [0.4, 0.5) is 0 Å². The summed E-state index contributed by atoms with van der Waals surface area (Å²) in [5.74, 6) is 0. The third kappa shape index (κ3) is 3.22. The quantitative estimate of drug-likeness (QED) is 0.221. The lowest BCUT2D eigenvalue weighted by atomic mass is 9.62. The number of benzene rings is 4. The van der Waals surface area contributed by atoms with E-state index in [4.69, 9.17) is 9.31 Å². The minimum atomic E-state index is -0.428. The maximum atomic E-state index is 6.43. The van der Waals surface area contributed by atoms with E-state index in [1.807, 2.05) is 11.8 Å². The van der Waals surface area contributed by atoms with Gasteiger partial charge in [0, 0.05) is 9.79 Å². The lowest BCUT2D eigenvalue weighted by molar-refractivity contribution is 0.00578. The van der Waals surface area contributed by atoms with Crippen molar-refractivity contribution in [2.45, 2.75) is 54.1 Å². The molecule has 4 heteroatoms. The lowest BCUT2D eigenvalue weighted by Crippen LogP contribution is -2.41. The summed E-state index contributed by atoms with van der Waals surface area (Å²) in [5.41, 5.74) is 7.57. The van der Waals surface area contributed by atoms with Crippen molar-refractivity contribution in [3.05, 3.63) is 124 Å². The second-order valence-corrected chi connectivity index (χ2v) is 12.3. The molecule has 0 atom stereocenters. The van der Waals surface area contributed by atoms with E-state index in [0.717, 1.165) is 5.46 Å². The summed E-state index contributed by atoms with van der Waals surface area (Å²) >= 11 is 1.87. The molecule has 1 spiro atoms. The van der Waals surface area contributed by atoms with Gasteiger partial charge in [-0.15, -0.1) is 0 Å². The van der Waals surface area contributed by atoms with Gasteiger partial charge in [0.05, 0.1) is 16.6 Å². The number of hydrogen-bond acceptors (Lipinski definition) is 3. The molecule has 2 heterocycles. The highest BCUT2D eigenvalue weighted by Crippen LogP contribution is 2.57. The van der Waals surface area contributed by atoms with Crippen LogP contribution in [0, 0.1) is 0 Å². The average molecular weight is 500 g/mol. The van der Waals surface area contributed by atoms with Crippen molar-refractivity contribution < 1.29 is 9.31 Å². The topological polar surface area (TPSA) is 18.5 Å². The fourth-order valence-corrected chi connectivity index (χ4v) is 7.26. The zero-order valence-electron chi connectivity index (χ0n) is 21.6. The van der Waals surface area contributed by atoms with Crippen molar-refractivity contribution in [1.82, 2.24) is 0 Å². The smallest absolute Gasteiger partial charge is 0.399 e. The van der Waals surface area contributed by atoms with Crippen LogP contribution < -0.4 is 5.46 Å². The highest BCUT2D eigenvalue weighted by molar-refractivity contribution is 7.99. The molecule has 37 heavy (non-hydrogen) atoms. The molecule has 0 N–H and O–H groups in total. The molecule has 4 aromatic rings. The zero-order valence-corrected chi connectivity index (χ0v) is 22.4. The summed E-state index contributed by atoms with van der Waals surface area (Å²) < 4.78 is 12.9. The predicted octanol–water partition coefficient (Wildman–Crippen LogP) is 7.32. The first-order chi connectivity index (χ1) is 17.8. The van der Waals surface area contributed by atoms with Gasteiger partial charge >= 0.3 is 7.12 Å². The van der Waals surface area contributed by atoms with Crippen LogP contribution in [0.3, 0.4) is 0 Å². The van der Waals surface area contributed by atoms with Crippen LogP contribution in [0.2, 0.25) is 0 Å².